The maximum Gasteiger partial charge on any atom is 0.144 e. The second-order valence-corrected chi connectivity index (χ2v) is 3.55. The summed E-state index contributed by atoms with van der Waals surface area (Å²) in [6.07, 6.45) is 0.124. The first kappa shape index (κ1) is 7.49. The molecule has 0 spiro atoms. The lowest BCUT2D eigenvalue weighted by Crippen LogP contribution is -2.61. The van der Waals surface area contributed by atoms with Crippen LogP contribution in [0.5, 0.6) is 0 Å². The highest BCUT2D eigenvalue weighted by Crippen LogP contribution is 2.33. The molecule has 0 aromatic rings. The zero-order valence-electron chi connectivity index (χ0n) is 6.20. The molecule has 2 aliphatic heterocycles. The van der Waals surface area contributed by atoms with Gasteiger partial charge in [0, 0.05) is 6.04 Å². The molecule has 0 amide bonds. The van der Waals surface area contributed by atoms with Crippen LogP contribution in [0.1, 0.15) is 19.3 Å². The van der Waals surface area contributed by atoms with Crippen LogP contribution in [0, 0.1) is 0 Å². The fourth-order valence-corrected chi connectivity index (χ4v) is 2.04. The van der Waals surface area contributed by atoms with Crippen LogP contribution in [-0.4, -0.2) is 39.3 Å². The molecule has 64 valence electrons. The number of piperidine rings is 1. The Hall–Kier alpha value is -0.160. The van der Waals surface area contributed by atoms with Crippen LogP contribution >= 0.6 is 0 Å². The monoisotopic (exact) mass is 159 g/mol. The van der Waals surface area contributed by atoms with Crippen molar-refractivity contribution >= 4 is 0 Å². The molecule has 11 heavy (non-hydrogen) atoms. The number of aliphatic hydroxyl groups excluding tert-OH is 2. The standard InChI is InChI=1S/C7H13NO3/c9-5-3-4-1-2-7(11,8-4)6(5)10/h4-6,8-11H,1-3H2/t4?,5-,6+,7-/m1/s1. The summed E-state index contributed by atoms with van der Waals surface area (Å²) in [4.78, 5) is 0. The smallest absolute Gasteiger partial charge is 0.144 e. The SMILES string of the molecule is O[C@@H]1CC2CC[C@](O)(N2)[C@H]1O. The van der Waals surface area contributed by atoms with Crippen LogP contribution in [0.4, 0.5) is 0 Å². The molecule has 4 heteroatoms. The number of nitrogens with one attached hydrogen (secondary N) is 1. The van der Waals surface area contributed by atoms with Gasteiger partial charge in [-0.25, -0.2) is 0 Å². The summed E-state index contributed by atoms with van der Waals surface area (Å²) in [6, 6.07) is 0.179. The molecule has 2 rings (SSSR count). The average Bonchev–Trinajstić information content (AvgIpc) is 2.27. The number of fused-ring (bicyclic) bond motifs is 2. The van der Waals surface area contributed by atoms with Crippen molar-refractivity contribution in [3.63, 3.8) is 0 Å². The van der Waals surface area contributed by atoms with Gasteiger partial charge in [-0.2, -0.15) is 0 Å². The number of rotatable bonds is 0. The van der Waals surface area contributed by atoms with Crippen LogP contribution in [0.25, 0.3) is 0 Å². The summed E-state index contributed by atoms with van der Waals surface area (Å²) in [6.45, 7) is 0. The first-order valence-corrected chi connectivity index (χ1v) is 3.98. The quantitative estimate of drug-likeness (QED) is 0.349. The van der Waals surface area contributed by atoms with E-state index in [2.05, 4.69) is 5.32 Å². The first-order valence-electron chi connectivity index (χ1n) is 3.98. The minimum atomic E-state index is -1.22. The Bertz CT molecular complexity index is 175. The normalized spacial score (nSPS) is 56.5. The van der Waals surface area contributed by atoms with Gasteiger partial charge in [0.15, 0.2) is 0 Å². The van der Waals surface area contributed by atoms with Gasteiger partial charge in [0.25, 0.3) is 0 Å². The molecule has 2 aliphatic rings. The lowest BCUT2D eigenvalue weighted by atomic mass is 9.96. The van der Waals surface area contributed by atoms with Crippen molar-refractivity contribution in [2.45, 2.75) is 43.2 Å². The predicted molar refractivity (Wildman–Crippen MR) is 37.7 cm³/mol. The molecule has 4 N–H and O–H groups in total. The molecule has 4 atom stereocenters. The molecule has 1 unspecified atom stereocenters. The Morgan fingerprint density at radius 2 is 2.09 bits per heavy atom. The fourth-order valence-electron chi connectivity index (χ4n) is 2.04. The molecule has 0 aromatic heterocycles. The van der Waals surface area contributed by atoms with Gasteiger partial charge in [-0.1, -0.05) is 0 Å². The molecule has 0 radical (unpaired) electrons. The first-order chi connectivity index (χ1) is 5.12. The second-order valence-electron chi connectivity index (χ2n) is 3.55. The van der Waals surface area contributed by atoms with Crippen LogP contribution < -0.4 is 5.32 Å². The molecule has 4 nitrogen and oxygen atoms in total. The maximum absolute atomic E-state index is 9.64. The Morgan fingerprint density at radius 1 is 1.36 bits per heavy atom. The molecule has 0 aromatic carbocycles. The summed E-state index contributed by atoms with van der Waals surface area (Å²) in [5.74, 6) is 0. The van der Waals surface area contributed by atoms with E-state index in [4.69, 9.17) is 0 Å². The van der Waals surface area contributed by atoms with Gasteiger partial charge in [0.05, 0.1) is 6.10 Å². The van der Waals surface area contributed by atoms with Crippen molar-refractivity contribution in [2.24, 2.45) is 0 Å². The molecule has 2 heterocycles. The van der Waals surface area contributed by atoms with Crippen molar-refractivity contribution < 1.29 is 15.3 Å². The Labute approximate surface area is 64.8 Å². The van der Waals surface area contributed by atoms with Gasteiger partial charge in [-0.3, -0.25) is 5.32 Å². The maximum atomic E-state index is 9.64. The third-order valence-corrected chi connectivity index (χ3v) is 2.71. The number of hydrogen-bond acceptors (Lipinski definition) is 4. The molecule has 2 bridgehead atoms. The molecular weight excluding hydrogens is 146 g/mol. The number of aliphatic hydroxyl groups is 3. The lowest BCUT2D eigenvalue weighted by molar-refractivity contribution is -0.153. The third-order valence-electron chi connectivity index (χ3n) is 2.71. The van der Waals surface area contributed by atoms with Crippen LogP contribution in [0.3, 0.4) is 0 Å². The topological polar surface area (TPSA) is 72.7 Å². The summed E-state index contributed by atoms with van der Waals surface area (Å²) >= 11 is 0. The Morgan fingerprint density at radius 3 is 2.82 bits per heavy atom. The highest BCUT2D eigenvalue weighted by atomic mass is 16.4. The van der Waals surface area contributed by atoms with E-state index < -0.39 is 17.9 Å². The van der Waals surface area contributed by atoms with Gasteiger partial charge >= 0.3 is 0 Å². The van der Waals surface area contributed by atoms with E-state index in [-0.39, 0.29) is 6.04 Å². The van der Waals surface area contributed by atoms with Crippen molar-refractivity contribution in [3.8, 4) is 0 Å². The van der Waals surface area contributed by atoms with Crippen molar-refractivity contribution in [3.05, 3.63) is 0 Å². The van der Waals surface area contributed by atoms with E-state index in [9.17, 15) is 15.3 Å². The molecule has 2 fully saturated rings. The largest absolute Gasteiger partial charge is 0.390 e. The van der Waals surface area contributed by atoms with Gasteiger partial charge in [0.2, 0.25) is 0 Å². The van der Waals surface area contributed by atoms with E-state index in [0.29, 0.717) is 12.8 Å². The van der Waals surface area contributed by atoms with E-state index in [1.54, 1.807) is 0 Å². The molecule has 0 saturated carbocycles. The van der Waals surface area contributed by atoms with E-state index in [0.717, 1.165) is 6.42 Å². The van der Waals surface area contributed by atoms with Gasteiger partial charge in [-0.15, -0.1) is 0 Å². The molecule has 0 aliphatic carbocycles. The van der Waals surface area contributed by atoms with Crippen LogP contribution in [0.15, 0.2) is 0 Å². The average molecular weight is 159 g/mol. The predicted octanol–water partition coefficient (Wildman–Crippen LogP) is -1.45. The van der Waals surface area contributed by atoms with E-state index in [1.807, 2.05) is 0 Å². The Balaban J connectivity index is 2.21. The summed E-state index contributed by atoms with van der Waals surface area (Å²) in [5, 5.41) is 31.2. The van der Waals surface area contributed by atoms with Crippen molar-refractivity contribution in [2.75, 3.05) is 0 Å². The summed E-state index contributed by atoms with van der Waals surface area (Å²) < 4.78 is 0. The molecule has 2 saturated heterocycles. The minimum absolute atomic E-state index is 0.179. The summed E-state index contributed by atoms with van der Waals surface area (Å²) in [7, 11) is 0. The van der Waals surface area contributed by atoms with E-state index >= 15 is 0 Å². The fraction of sp³-hybridized carbons (Fsp3) is 1.00. The van der Waals surface area contributed by atoms with Gasteiger partial charge in [-0.05, 0) is 19.3 Å². The van der Waals surface area contributed by atoms with Crippen molar-refractivity contribution in [1.82, 2.24) is 5.32 Å². The highest BCUT2D eigenvalue weighted by Gasteiger charge is 2.50. The van der Waals surface area contributed by atoms with Crippen LogP contribution in [-0.2, 0) is 0 Å². The Kier molecular flexibility index (Phi) is 1.47. The van der Waals surface area contributed by atoms with Crippen LogP contribution in [0.2, 0.25) is 0 Å². The zero-order chi connectivity index (χ0) is 8.06. The lowest BCUT2D eigenvalue weighted by Gasteiger charge is -2.37. The molecular formula is C7H13NO3. The minimum Gasteiger partial charge on any atom is -0.390 e. The third kappa shape index (κ3) is 0.980. The van der Waals surface area contributed by atoms with E-state index in [1.165, 1.54) is 0 Å². The summed E-state index contributed by atoms with van der Waals surface area (Å²) in [5.41, 5.74) is -1.22. The highest BCUT2D eigenvalue weighted by molar-refractivity contribution is 5.02. The zero-order valence-corrected chi connectivity index (χ0v) is 6.20. The second kappa shape index (κ2) is 2.17. The number of hydrogen-bond donors (Lipinski definition) is 4. The van der Waals surface area contributed by atoms with Crippen molar-refractivity contribution in [1.29, 1.82) is 0 Å². The van der Waals surface area contributed by atoms with Gasteiger partial charge in [0.1, 0.15) is 11.8 Å². The van der Waals surface area contributed by atoms with Gasteiger partial charge < -0.3 is 15.3 Å².